The highest BCUT2D eigenvalue weighted by Gasteiger charge is 2.19. The zero-order valence-electron chi connectivity index (χ0n) is 13.2. The molecule has 120 valence electrons. The average molecular weight is 314 g/mol. The van der Waals surface area contributed by atoms with Crippen LogP contribution in [0.1, 0.15) is 33.3 Å². The number of nitrogen functional groups attached to an aromatic ring is 1. The van der Waals surface area contributed by atoms with Gasteiger partial charge >= 0.3 is 0 Å². The lowest BCUT2D eigenvalue weighted by Gasteiger charge is -2.04. The first-order valence-corrected chi connectivity index (χ1v) is 7.24. The van der Waals surface area contributed by atoms with Crippen molar-refractivity contribution in [2.45, 2.75) is 27.2 Å². The number of rotatable bonds is 4. The fraction of sp³-hybridized carbons (Fsp3) is 0.357. The van der Waals surface area contributed by atoms with Gasteiger partial charge in [0.05, 0.1) is 5.69 Å². The Kier molecular flexibility index (Phi) is 3.68. The van der Waals surface area contributed by atoms with Crippen molar-refractivity contribution >= 4 is 17.5 Å². The summed E-state index contributed by atoms with van der Waals surface area (Å²) in [6.07, 6.45) is 0.514. The highest BCUT2D eigenvalue weighted by Crippen LogP contribution is 2.16. The van der Waals surface area contributed by atoms with Crippen LogP contribution in [-0.2, 0) is 6.42 Å². The standard InChI is InChI=1S/C14H18N8O/c1-7-6-8(2)22-12(17-7)11(9(3)21-22)13(23)16-5-4-10-18-14(15)20-19-10/h6H,4-5H2,1-3H3,(H,16,23)(H3,15,18,19,20). The van der Waals surface area contributed by atoms with Gasteiger partial charge in [0.1, 0.15) is 11.4 Å². The number of anilines is 1. The number of H-pyrrole nitrogens is 1. The van der Waals surface area contributed by atoms with E-state index in [9.17, 15) is 4.79 Å². The van der Waals surface area contributed by atoms with Crippen LogP contribution in [-0.4, -0.2) is 42.2 Å². The second-order valence-corrected chi connectivity index (χ2v) is 5.38. The number of nitrogens with two attached hydrogens (primary N) is 1. The van der Waals surface area contributed by atoms with E-state index >= 15 is 0 Å². The molecule has 0 aromatic carbocycles. The van der Waals surface area contributed by atoms with Gasteiger partial charge in [0.25, 0.3) is 5.91 Å². The summed E-state index contributed by atoms with van der Waals surface area (Å²) in [7, 11) is 0. The molecular weight excluding hydrogens is 296 g/mol. The fourth-order valence-corrected chi connectivity index (χ4v) is 2.50. The van der Waals surface area contributed by atoms with E-state index in [0.29, 0.717) is 35.7 Å². The third-order valence-electron chi connectivity index (χ3n) is 3.49. The van der Waals surface area contributed by atoms with Crippen molar-refractivity contribution in [1.29, 1.82) is 0 Å². The summed E-state index contributed by atoms with van der Waals surface area (Å²) in [5, 5.41) is 13.7. The minimum Gasteiger partial charge on any atom is -0.367 e. The van der Waals surface area contributed by atoms with E-state index in [1.807, 2.05) is 19.9 Å². The highest BCUT2D eigenvalue weighted by molar-refractivity contribution is 6.01. The summed E-state index contributed by atoms with van der Waals surface area (Å²) < 4.78 is 1.69. The van der Waals surface area contributed by atoms with Gasteiger partial charge in [-0.1, -0.05) is 0 Å². The van der Waals surface area contributed by atoms with Gasteiger partial charge in [0, 0.05) is 24.4 Å². The average Bonchev–Trinajstić information content (AvgIpc) is 3.02. The molecule has 0 saturated heterocycles. The summed E-state index contributed by atoms with van der Waals surface area (Å²) in [6.45, 7) is 6.04. The molecule has 0 atom stereocenters. The number of nitrogens with zero attached hydrogens (tertiary/aromatic N) is 5. The SMILES string of the molecule is Cc1cc(C)n2nc(C)c(C(=O)NCCc3nc(N)n[nH]3)c2n1. The van der Waals surface area contributed by atoms with Crippen LogP contribution in [0.4, 0.5) is 5.95 Å². The molecule has 3 heterocycles. The third-order valence-corrected chi connectivity index (χ3v) is 3.49. The van der Waals surface area contributed by atoms with E-state index in [-0.39, 0.29) is 11.9 Å². The lowest BCUT2D eigenvalue weighted by atomic mass is 10.2. The van der Waals surface area contributed by atoms with E-state index in [1.54, 1.807) is 11.4 Å². The molecular formula is C14H18N8O. The Bertz CT molecular complexity index is 878. The molecule has 3 aromatic rings. The number of fused-ring (bicyclic) bond motifs is 1. The second kappa shape index (κ2) is 5.67. The van der Waals surface area contributed by atoms with Crippen LogP contribution in [0.5, 0.6) is 0 Å². The number of aromatic nitrogens is 6. The van der Waals surface area contributed by atoms with Crippen molar-refractivity contribution in [2.75, 3.05) is 12.3 Å². The number of aryl methyl sites for hydroxylation is 3. The molecule has 0 radical (unpaired) electrons. The zero-order chi connectivity index (χ0) is 16.6. The van der Waals surface area contributed by atoms with Gasteiger partial charge in [-0.05, 0) is 26.8 Å². The van der Waals surface area contributed by atoms with Gasteiger partial charge in [-0.3, -0.25) is 9.89 Å². The first-order chi connectivity index (χ1) is 11.0. The lowest BCUT2D eigenvalue weighted by molar-refractivity contribution is 0.0955. The molecule has 9 nitrogen and oxygen atoms in total. The summed E-state index contributed by atoms with van der Waals surface area (Å²) in [4.78, 5) is 20.9. The van der Waals surface area contributed by atoms with Crippen molar-refractivity contribution in [1.82, 2.24) is 35.1 Å². The molecule has 0 fully saturated rings. The van der Waals surface area contributed by atoms with Crippen LogP contribution in [0.2, 0.25) is 0 Å². The predicted octanol–water partition coefficient (Wildman–Crippen LogP) is 0.327. The maximum Gasteiger partial charge on any atom is 0.257 e. The van der Waals surface area contributed by atoms with Crippen LogP contribution >= 0.6 is 0 Å². The van der Waals surface area contributed by atoms with Gasteiger partial charge < -0.3 is 11.1 Å². The number of hydrogen-bond donors (Lipinski definition) is 3. The Morgan fingerprint density at radius 3 is 2.83 bits per heavy atom. The molecule has 9 heteroatoms. The van der Waals surface area contributed by atoms with E-state index < -0.39 is 0 Å². The summed E-state index contributed by atoms with van der Waals surface area (Å²) in [5.74, 6) is 0.617. The van der Waals surface area contributed by atoms with Gasteiger partial charge in [-0.15, -0.1) is 5.10 Å². The highest BCUT2D eigenvalue weighted by atomic mass is 16.1. The van der Waals surface area contributed by atoms with Crippen molar-refractivity contribution < 1.29 is 4.79 Å². The lowest BCUT2D eigenvalue weighted by Crippen LogP contribution is -2.26. The smallest absolute Gasteiger partial charge is 0.257 e. The summed E-state index contributed by atoms with van der Waals surface area (Å²) in [6, 6.07) is 1.93. The molecule has 0 unspecified atom stereocenters. The van der Waals surface area contributed by atoms with Gasteiger partial charge in [0.2, 0.25) is 5.95 Å². The topological polar surface area (TPSA) is 127 Å². The first-order valence-electron chi connectivity index (χ1n) is 7.24. The molecule has 0 saturated carbocycles. The molecule has 3 aromatic heterocycles. The van der Waals surface area contributed by atoms with Crippen molar-refractivity contribution in [3.05, 3.63) is 34.5 Å². The van der Waals surface area contributed by atoms with Crippen LogP contribution in [0.25, 0.3) is 5.65 Å². The van der Waals surface area contributed by atoms with Crippen molar-refractivity contribution in [3.8, 4) is 0 Å². The van der Waals surface area contributed by atoms with E-state index in [2.05, 4.69) is 30.6 Å². The maximum atomic E-state index is 12.5. The van der Waals surface area contributed by atoms with Gasteiger partial charge in [0.15, 0.2) is 5.65 Å². The van der Waals surface area contributed by atoms with Crippen LogP contribution in [0, 0.1) is 20.8 Å². The normalized spacial score (nSPS) is 11.1. The molecule has 23 heavy (non-hydrogen) atoms. The number of nitrogens with one attached hydrogen (secondary N) is 2. The van der Waals surface area contributed by atoms with Gasteiger partial charge in [-0.25, -0.2) is 9.50 Å². The Balaban J connectivity index is 1.79. The van der Waals surface area contributed by atoms with E-state index in [1.165, 1.54) is 0 Å². The van der Waals surface area contributed by atoms with Crippen LogP contribution < -0.4 is 11.1 Å². The Hall–Kier alpha value is -2.97. The molecule has 0 bridgehead atoms. The minimum atomic E-state index is -0.206. The molecule has 4 N–H and O–H groups in total. The summed E-state index contributed by atoms with van der Waals surface area (Å²) >= 11 is 0. The molecule has 0 aliphatic carbocycles. The number of amides is 1. The molecule has 0 spiro atoms. The zero-order valence-corrected chi connectivity index (χ0v) is 13.2. The van der Waals surface area contributed by atoms with Crippen LogP contribution in [0.3, 0.4) is 0 Å². The fourth-order valence-electron chi connectivity index (χ4n) is 2.50. The third kappa shape index (κ3) is 2.85. The quantitative estimate of drug-likeness (QED) is 0.637. The Morgan fingerprint density at radius 1 is 1.35 bits per heavy atom. The maximum absolute atomic E-state index is 12.5. The minimum absolute atomic E-state index is 0.194. The van der Waals surface area contributed by atoms with Gasteiger partial charge in [-0.2, -0.15) is 10.1 Å². The molecule has 0 aliphatic heterocycles. The van der Waals surface area contributed by atoms with Crippen molar-refractivity contribution in [3.63, 3.8) is 0 Å². The Labute approximate surface area is 132 Å². The summed E-state index contributed by atoms with van der Waals surface area (Å²) in [5.41, 5.74) is 8.93. The van der Waals surface area contributed by atoms with Crippen molar-refractivity contribution in [2.24, 2.45) is 0 Å². The number of hydrogen-bond acceptors (Lipinski definition) is 6. The largest absolute Gasteiger partial charge is 0.367 e. The molecule has 3 rings (SSSR count). The molecule has 0 aliphatic rings. The first kappa shape index (κ1) is 14.9. The molecule has 1 amide bonds. The van der Waals surface area contributed by atoms with E-state index in [0.717, 1.165) is 11.4 Å². The number of aromatic amines is 1. The monoisotopic (exact) mass is 314 g/mol. The second-order valence-electron chi connectivity index (χ2n) is 5.38. The number of carbonyl (C=O) groups excluding carboxylic acids is 1. The van der Waals surface area contributed by atoms with Crippen LogP contribution in [0.15, 0.2) is 6.07 Å². The number of carbonyl (C=O) groups is 1. The predicted molar refractivity (Wildman–Crippen MR) is 84.0 cm³/mol. The Morgan fingerprint density at radius 2 is 2.13 bits per heavy atom. The van der Waals surface area contributed by atoms with E-state index in [4.69, 9.17) is 5.73 Å².